The third-order valence-electron chi connectivity index (χ3n) is 2.69. The zero-order valence-corrected chi connectivity index (χ0v) is 12.6. The van der Waals surface area contributed by atoms with Gasteiger partial charge in [-0.1, -0.05) is 11.6 Å². The molecule has 6 nitrogen and oxygen atoms in total. The summed E-state index contributed by atoms with van der Waals surface area (Å²) in [6.45, 7) is 7.18. The summed E-state index contributed by atoms with van der Waals surface area (Å²) >= 11 is 5.86. The van der Waals surface area contributed by atoms with E-state index < -0.39 is 11.0 Å². The second-order valence-corrected chi connectivity index (χ2v) is 5.31. The number of anilines is 1. The maximum absolute atomic E-state index is 11.8. The lowest BCUT2D eigenvalue weighted by molar-refractivity contribution is -0.384. The average Bonchev–Trinajstić information content (AvgIpc) is 2.31. The van der Waals surface area contributed by atoms with Gasteiger partial charge in [-0.15, -0.1) is 0 Å². The molecule has 1 amide bonds. The number of halogens is 1. The summed E-state index contributed by atoms with van der Waals surface area (Å²) < 4.78 is 0. The zero-order chi connectivity index (χ0) is 15.4. The molecule has 0 aliphatic rings. The summed E-state index contributed by atoms with van der Waals surface area (Å²) in [6, 6.07) is 2.44. The van der Waals surface area contributed by atoms with Gasteiger partial charge in [0.25, 0.3) is 5.69 Å². The minimum absolute atomic E-state index is 0.0413. The number of aryl methyl sites for hydroxylation is 1. The SMILES string of the molecule is Cc1cc([N+](=O)[O-])c(Cl)cc1NC(C)C(=O)NC(C)C. The van der Waals surface area contributed by atoms with Crippen LogP contribution in [0.5, 0.6) is 0 Å². The van der Waals surface area contributed by atoms with Crippen LogP contribution in [0.15, 0.2) is 12.1 Å². The Morgan fingerprint density at radius 1 is 1.35 bits per heavy atom. The number of hydrogen-bond acceptors (Lipinski definition) is 4. The van der Waals surface area contributed by atoms with Crippen molar-refractivity contribution in [2.24, 2.45) is 0 Å². The molecule has 20 heavy (non-hydrogen) atoms. The van der Waals surface area contributed by atoms with Gasteiger partial charge in [0.2, 0.25) is 5.91 Å². The van der Waals surface area contributed by atoms with Crippen LogP contribution in [0.1, 0.15) is 26.3 Å². The van der Waals surface area contributed by atoms with Gasteiger partial charge >= 0.3 is 0 Å². The molecule has 0 spiro atoms. The van der Waals surface area contributed by atoms with Crippen LogP contribution in [0.4, 0.5) is 11.4 Å². The molecular formula is C13H18ClN3O3. The van der Waals surface area contributed by atoms with Gasteiger partial charge in [-0.3, -0.25) is 14.9 Å². The van der Waals surface area contributed by atoms with Gasteiger partial charge in [0.15, 0.2) is 0 Å². The molecule has 1 atom stereocenters. The Labute approximate surface area is 122 Å². The highest BCUT2D eigenvalue weighted by Crippen LogP contribution is 2.30. The van der Waals surface area contributed by atoms with E-state index in [-0.39, 0.29) is 22.7 Å². The molecule has 110 valence electrons. The highest BCUT2D eigenvalue weighted by atomic mass is 35.5. The summed E-state index contributed by atoms with van der Waals surface area (Å²) in [7, 11) is 0. The van der Waals surface area contributed by atoms with E-state index in [0.717, 1.165) is 0 Å². The van der Waals surface area contributed by atoms with Crippen molar-refractivity contribution < 1.29 is 9.72 Å². The van der Waals surface area contributed by atoms with Crippen LogP contribution >= 0.6 is 11.6 Å². The van der Waals surface area contributed by atoms with Gasteiger partial charge in [-0.25, -0.2) is 0 Å². The van der Waals surface area contributed by atoms with Crippen LogP contribution in [-0.2, 0) is 4.79 Å². The summed E-state index contributed by atoms with van der Waals surface area (Å²) in [5, 5.41) is 16.6. The van der Waals surface area contributed by atoms with Crippen molar-refractivity contribution in [2.75, 3.05) is 5.32 Å². The summed E-state index contributed by atoms with van der Waals surface area (Å²) in [4.78, 5) is 22.1. The van der Waals surface area contributed by atoms with E-state index >= 15 is 0 Å². The van der Waals surface area contributed by atoms with Crippen molar-refractivity contribution >= 4 is 28.9 Å². The van der Waals surface area contributed by atoms with Crippen molar-refractivity contribution in [1.29, 1.82) is 0 Å². The number of benzene rings is 1. The molecule has 0 saturated carbocycles. The fraction of sp³-hybridized carbons (Fsp3) is 0.462. The van der Waals surface area contributed by atoms with E-state index in [4.69, 9.17) is 11.6 Å². The van der Waals surface area contributed by atoms with Crippen LogP contribution in [0.2, 0.25) is 5.02 Å². The molecule has 0 aliphatic carbocycles. The fourth-order valence-electron chi connectivity index (χ4n) is 1.67. The number of amides is 1. The fourth-order valence-corrected chi connectivity index (χ4v) is 1.90. The van der Waals surface area contributed by atoms with Crippen molar-refractivity contribution in [3.63, 3.8) is 0 Å². The molecule has 1 aromatic carbocycles. The third-order valence-corrected chi connectivity index (χ3v) is 2.99. The molecule has 1 unspecified atom stereocenters. The quantitative estimate of drug-likeness (QED) is 0.647. The first-order valence-corrected chi connectivity index (χ1v) is 6.61. The van der Waals surface area contributed by atoms with Gasteiger partial charge in [-0.2, -0.15) is 0 Å². The molecule has 2 N–H and O–H groups in total. The highest BCUT2D eigenvalue weighted by molar-refractivity contribution is 6.33. The molecule has 0 aliphatic heterocycles. The summed E-state index contributed by atoms with van der Waals surface area (Å²) in [5.74, 6) is -0.145. The maximum Gasteiger partial charge on any atom is 0.288 e. The second kappa shape index (κ2) is 6.56. The number of carbonyl (C=O) groups is 1. The summed E-state index contributed by atoms with van der Waals surface area (Å²) in [6.07, 6.45) is 0. The minimum atomic E-state index is -0.534. The number of hydrogen-bond donors (Lipinski definition) is 2. The molecule has 0 radical (unpaired) electrons. The Hall–Kier alpha value is -1.82. The molecule has 0 fully saturated rings. The molecule has 0 saturated heterocycles. The number of nitro groups is 1. The molecule has 0 bridgehead atoms. The van der Waals surface area contributed by atoms with E-state index in [9.17, 15) is 14.9 Å². The Morgan fingerprint density at radius 3 is 2.45 bits per heavy atom. The van der Waals surface area contributed by atoms with E-state index in [2.05, 4.69) is 10.6 Å². The second-order valence-electron chi connectivity index (χ2n) is 4.90. The number of carbonyl (C=O) groups excluding carboxylic acids is 1. The first-order valence-electron chi connectivity index (χ1n) is 6.23. The van der Waals surface area contributed by atoms with Crippen LogP contribution < -0.4 is 10.6 Å². The van der Waals surface area contributed by atoms with Gasteiger partial charge in [0, 0.05) is 17.8 Å². The summed E-state index contributed by atoms with van der Waals surface area (Å²) in [5.41, 5.74) is 1.12. The first-order chi connectivity index (χ1) is 9.22. The van der Waals surface area contributed by atoms with Gasteiger partial charge in [0.1, 0.15) is 11.1 Å². The molecule has 1 rings (SSSR count). The number of rotatable bonds is 5. The lowest BCUT2D eigenvalue weighted by atomic mass is 10.1. The normalized spacial score (nSPS) is 12.1. The Bertz CT molecular complexity index is 532. The predicted molar refractivity (Wildman–Crippen MR) is 79.2 cm³/mol. The molecule has 7 heteroatoms. The zero-order valence-electron chi connectivity index (χ0n) is 11.9. The van der Waals surface area contributed by atoms with E-state index in [1.165, 1.54) is 12.1 Å². The Kier molecular flexibility index (Phi) is 5.33. The van der Waals surface area contributed by atoms with Gasteiger partial charge in [-0.05, 0) is 39.3 Å². The van der Waals surface area contributed by atoms with E-state index in [0.29, 0.717) is 11.3 Å². The van der Waals surface area contributed by atoms with Crippen LogP contribution in [0.3, 0.4) is 0 Å². The smallest absolute Gasteiger partial charge is 0.288 e. The highest BCUT2D eigenvalue weighted by Gasteiger charge is 2.18. The molecule has 0 heterocycles. The van der Waals surface area contributed by atoms with Crippen LogP contribution in [0.25, 0.3) is 0 Å². The third kappa shape index (κ3) is 4.09. The van der Waals surface area contributed by atoms with Crippen molar-refractivity contribution in [1.82, 2.24) is 5.32 Å². The van der Waals surface area contributed by atoms with Crippen LogP contribution in [0, 0.1) is 17.0 Å². The van der Waals surface area contributed by atoms with Gasteiger partial charge in [0.05, 0.1) is 4.92 Å². The Balaban J connectivity index is 2.91. The maximum atomic E-state index is 11.8. The standard InChI is InChI=1S/C13H18ClN3O3/c1-7(2)15-13(18)9(4)16-11-6-10(14)12(17(19)20)5-8(11)3/h5-7,9,16H,1-4H3,(H,15,18). The largest absolute Gasteiger partial charge is 0.374 e. The van der Waals surface area contributed by atoms with Crippen molar-refractivity contribution in [3.8, 4) is 0 Å². The van der Waals surface area contributed by atoms with Crippen LogP contribution in [-0.4, -0.2) is 22.9 Å². The molecule has 0 aromatic heterocycles. The first kappa shape index (κ1) is 16.2. The Morgan fingerprint density at radius 2 is 1.95 bits per heavy atom. The number of nitrogens with zero attached hydrogens (tertiary/aromatic N) is 1. The predicted octanol–water partition coefficient (Wildman–Crippen LogP) is 2.88. The topological polar surface area (TPSA) is 84.3 Å². The number of nitro benzene ring substituents is 1. The lowest BCUT2D eigenvalue weighted by Gasteiger charge is -2.18. The average molecular weight is 300 g/mol. The molecular weight excluding hydrogens is 282 g/mol. The number of nitrogens with one attached hydrogen (secondary N) is 2. The lowest BCUT2D eigenvalue weighted by Crippen LogP contribution is -2.41. The van der Waals surface area contributed by atoms with Gasteiger partial charge < -0.3 is 10.6 Å². The van der Waals surface area contributed by atoms with E-state index in [1.54, 1.807) is 13.8 Å². The van der Waals surface area contributed by atoms with Crippen molar-refractivity contribution in [3.05, 3.63) is 32.8 Å². The van der Waals surface area contributed by atoms with E-state index in [1.807, 2.05) is 13.8 Å². The minimum Gasteiger partial charge on any atom is -0.374 e. The van der Waals surface area contributed by atoms with Crippen molar-refractivity contribution in [2.45, 2.75) is 39.8 Å². The monoisotopic (exact) mass is 299 g/mol. The molecule has 1 aromatic rings.